The van der Waals surface area contributed by atoms with Gasteiger partial charge in [-0.1, -0.05) is 23.2 Å². The number of benzene rings is 2. The summed E-state index contributed by atoms with van der Waals surface area (Å²) in [6.07, 6.45) is 0. The number of rotatable bonds is 4. The summed E-state index contributed by atoms with van der Waals surface area (Å²) in [7, 11) is 0. The van der Waals surface area contributed by atoms with Gasteiger partial charge in [-0.05, 0) is 35.9 Å². The maximum Gasteiger partial charge on any atom is 0.191 e. The molecular formula is C14H10Cl2F2O2. The molecule has 2 rings (SSSR count). The topological polar surface area (TPSA) is 29.5 Å². The lowest BCUT2D eigenvalue weighted by atomic mass is 10.2. The van der Waals surface area contributed by atoms with Crippen molar-refractivity contribution in [1.82, 2.24) is 0 Å². The van der Waals surface area contributed by atoms with Crippen molar-refractivity contribution in [3.05, 3.63) is 63.1 Å². The van der Waals surface area contributed by atoms with E-state index in [0.29, 0.717) is 15.6 Å². The SMILES string of the molecule is OCc1cc(F)c(OCc2cc(Cl)ccc2Cl)c(F)c1. The Balaban J connectivity index is 2.21. The zero-order chi connectivity index (χ0) is 14.7. The monoisotopic (exact) mass is 318 g/mol. The van der Waals surface area contributed by atoms with Gasteiger partial charge in [0.05, 0.1) is 6.61 Å². The third-order valence-electron chi connectivity index (χ3n) is 2.62. The van der Waals surface area contributed by atoms with Crippen LogP contribution in [0.5, 0.6) is 5.75 Å². The minimum Gasteiger partial charge on any atom is -0.483 e. The predicted octanol–water partition coefficient (Wildman–Crippen LogP) is 4.34. The number of hydrogen-bond acceptors (Lipinski definition) is 2. The Morgan fingerprint density at radius 2 is 1.70 bits per heavy atom. The van der Waals surface area contributed by atoms with E-state index in [2.05, 4.69) is 0 Å². The summed E-state index contributed by atoms with van der Waals surface area (Å²) in [5.41, 5.74) is 0.650. The van der Waals surface area contributed by atoms with Crippen molar-refractivity contribution < 1.29 is 18.6 Å². The molecule has 0 radical (unpaired) electrons. The van der Waals surface area contributed by atoms with Crippen molar-refractivity contribution >= 4 is 23.2 Å². The van der Waals surface area contributed by atoms with Crippen LogP contribution in [-0.2, 0) is 13.2 Å². The molecule has 0 aliphatic carbocycles. The van der Waals surface area contributed by atoms with Gasteiger partial charge in [-0.15, -0.1) is 0 Å². The molecule has 0 saturated heterocycles. The highest BCUT2D eigenvalue weighted by molar-refractivity contribution is 6.33. The molecular weight excluding hydrogens is 309 g/mol. The second-order valence-electron chi connectivity index (χ2n) is 4.07. The first-order valence-electron chi connectivity index (χ1n) is 5.66. The maximum absolute atomic E-state index is 13.6. The molecule has 106 valence electrons. The van der Waals surface area contributed by atoms with Gasteiger partial charge in [-0.2, -0.15) is 0 Å². The average molecular weight is 319 g/mol. The third kappa shape index (κ3) is 3.39. The highest BCUT2D eigenvalue weighted by Gasteiger charge is 2.13. The molecule has 20 heavy (non-hydrogen) atoms. The minimum absolute atomic E-state index is 0.119. The van der Waals surface area contributed by atoms with Crippen LogP contribution in [0.2, 0.25) is 10.0 Å². The van der Waals surface area contributed by atoms with Gasteiger partial charge >= 0.3 is 0 Å². The molecule has 0 aliphatic heterocycles. The predicted molar refractivity (Wildman–Crippen MR) is 73.1 cm³/mol. The van der Waals surface area contributed by atoms with Crippen molar-refractivity contribution in [1.29, 1.82) is 0 Å². The van der Waals surface area contributed by atoms with Gasteiger partial charge in [-0.3, -0.25) is 0 Å². The van der Waals surface area contributed by atoms with Gasteiger partial charge in [-0.25, -0.2) is 8.78 Å². The van der Waals surface area contributed by atoms with E-state index < -0.39 is 24.0 Å². The van der Waals surface area contributed by atoms with Crippen LogP contribution in [0.1, 0.15) is 11.1 Å². The normalized spacial score (nSPS) is 10.7. The molecule has 0 unspecified atom stereocenters. The van der Waals surface area contributed by atoms with E-state index in [0.717, 1.165) is 12.1 Å². The lowest BCUT2D eigenvalue weighted by Crippen LogP contribution is -2.02. The number of ether oxygens (including phenoxy) is 1. The summed E-state index contributed by atoms with van der Waals surface area (Å²) < 4.78 is 32.4. The van der Waals surface area contributed by atoms with Crippen LogP contribution in [0, 0.1) is 11.6 Å². The molecule has 0 saturated carbocycles. The molecule has 2 nitrogen and oxygen atoms in total. The molecule has 0 aromatic heterocycles. The van der Waals surface area contributed by atoms with Gasteiger partial charge in [0.25, 0.3) is 0 Å². The van der Waals surface area contributed by atoms with Crippen LogP contribution in [0.25, 0.3) is 0 Å². The van der Waals surface area contributed by atoms with E-state index in [4.69, 9.17) is 33.0 Å². The molecule has 2 aromatic carbocycles. The summed E-state index contributed by atoms with van der Waals surface area (Å²) >= 11 is 11.7. The summed E-state index contributed by atoms with van der Waals surface area (Å²) in [5.74, 6) is -2.28. The molecule has 0 aliphatic rings. The Morgan fingerprint density at radius 3 is 2.30 bits per heavy atom. The number of aliphatic hydroxyl groups excluding tert-OH is 1. The Hall–Kier alpha value is -1.36. The molecule has 0 amide bonds. The molecule has 0 heterocycles. The summed E-state index contributed by atoms with van der Waals surface area (Å²) in [5, 5.41) is 9.69. The van der Waals surface area contributed by atoms with Crippen LogP contribution >= 0.6 is 23.2 Å². The molecule has 0 spiro atoms. The van der Waals surface area contributed by atoms with E-state index in [1.807, 2.05) is 0 Å². The van der Waals surface area contributed by atoms with E-state index in [1.165, 1.54) is 0 Å². The first-order chi connectivity index (χ1) is 9.51. The Labute approximate surface area is 124 Å². The zero-order valence-electron chi connectivity index (χ0n) is 10.2. The van der Waals surface area contributed by atoms with Crippen LogP contribution in [0.3, 0.4) is 0 Å². The van der Waals surface area contributed by atoms with Crippen molar-refractivity contribution in [3.8, 4) is 5.75 Å². The first-order valence-corrected chi connectivity index (χ1v) is 6.42. The summed E-state index contributed by atoms with van der Waals surface area (Å²) in [4.78, 5) is 0. The fourth-order valence-corrected chi connectivity index (χ4v) is 2.01. The second kappa shape index (κ2) is 6.39. The van der Waals surface area contributed by atoms with Crippen LogP contribution in [0.4, 0.5) is 8.78 Å². The summed E-state index contributed by atoms with van der Waals surface area (Å²) in [6.45, 7) is -0.569. The van der Waals surface area contributed by atoms with Crippen molar-refractivity contribution in [2.75, 3.05) is 0 Å². The standard InChI is InChI=1S/C14H10Cl2F2O2/c15-10-1-2-11(16)9(5-10)7-20-14-12(17)3-8(6-19)4-13(14)18/h1-5,19H,6-7H2. The van der Waals surface area contributed by atoms with Crippen LogP contribution in [0.15, 0.2) is 30.3 Å². The molecule has 2 aromatic rings. The van der Waals surface area contributed by atoms with Gasteiger partial charge in [0.15, 0.2) is 17.4 Å². The largest absolute Gasteiger partial charge is 0.483 e. The van der Waals surface area contributed by atoms with Crippen molar-refractivity contribution in [3.63, 3.8) is 0 Å². The van der Waals surface area contributed by atoms with Gasteiger partial charge in [0, 0.05) is 15.6 Å². The van der Waals surface area contributed by atoms with E-state index in [9.17, 15) is 8.78 Å². The third-order valence-corrected chi connectivity index (χ3v) is 3.22. The lowest BCUT2D eigenvalue weighted by Gasteiger charge is -2.11. The maximum atomic E-state index is 13.6. The van der Waals surface area contributed by atoms with Crippen molar-refractivity contribution in [2.45, 2.75) is 13.2 Å². The Kier molecular flexibility index (Phi) is 4.81. The first kappa shape index (κ1) is 15.0. The average Bonchev–Trinajstić information content (AvgIpc) is 2.41. The molecule has 1 N–H and O–H groups in total. The molecule has 0 atom stereocenters. The van der Waals surface area contributed by atoms with Gasteiger partial charge in [0.1, 0.15) is 6.61 Å². The smallest absolute Gasteiger partial charge is 0.191 e. The van der Waals surface area contributed by atoms with Crippen molar-refractivity contribution in [2.24, 2.45) is 0 Å². The highest BCUT2D eigenvalue weighted by atomic mass is 35.5. The molecule has 0 bridgehead atoms. The Bertz CT molecular complexity index is 610. The van der Waals surface area contributed by atoms with Gasteiger partial charge < -0.3 is 9.84 Å². The van der Waals surface area contributed by atoms with Gasteiger partial charge in [0.2, 0.25) is 0 Å². The number of aliphatic hydroxyl groups is 1. The number of hydrogen-bond donors (Lipinski definition) is 1. The van der Waals surface area contributed by atoms with E-state index in [1.54, 1.807) is 18.2 Å². The highest BCUT2D eigenvalue weighted by Crippen LogP contribution is 2.26. The summed E-state index contributed by atoms with van der Waals surface area (Å²) in [6, 6.07) is 6.76. The molecule has 6 heteroatoms. The van der Waals surface area contributed by atoms with E-state index in [-0.39, 0.29) is 12.2 Å². The minimum atomic E-state index is -0.882. The zero-order valence-corrected chi connectivity index (χ0v) is 11.7. The quantitative estimate of drug-likeness (QED) is 0.908. The number of halogens is 4. The fourth-order valence-electron chi connectivity index (χ4n) is 1.65. The Morgan fingerprint density at radius 1 is 1.05 bits per heavy atom. The fraction of sp³-hybridized carbons (Fsp3) is 0.143. The van der Waals surface area contributed by atoms with Crippen LogP contribution < -0.4 is 4.74 Å². The van der Waals surface area contributed by atoms with E-state index >= 15 is 0 Å². The van der Waals surface area contributed by atoms with Crippen LogP contribution in [-0.4, -0.2) is 5.11 Å². The molecule has 0 fully saturated rings. The second-order valence-corrected chi connectivity index (χ2v) is 4.91. The lowest BCUT2D eigenvalue weighted by molar-refractivity contribution is 0.266.